The Labute approximate surface area is 124 Å². The average Bonchev–Trinajstić information content (AvgIpc) is 2.48. The molecule has 0 heterocycles. The summed E-state index contributed by atoms with van der Waals surface area (Å²) in [6.07, 6.45) is 4.63. The zero-order valence-electron chi connectivity index (χ0n) is 12.1. The molecule has 0 spiro atoms. The van der Waals surface area contributed by atoms with Gasteiger partial charge >= 0.3 is 0 Å². The van der Waals surface area contributed by atoms with Crippen molar-refractivity contribution in [3.05, 3.63) is 29.8 Å². The van der Waals surface area contributed by atoms with E-state index >= 15 is 0 Å². The van der Waals surface area contributed by atoms with Gasteiger partial charge in [0.25, 0.3) is 5.91 Å². The third-order valence-electron chi connectivity index (χ3n) is 3.70. The third kappa shape index (κ3) is 4.48. The molecule has 1 aromatic carbocycles. The zero-order valence-corrected chi connectivity index (χ0v) is 12.1. The molecule has 5 nitrogen and oxygen atoms in total. The van der Waals surface area contributed by atoms with Crippen molar-refractivity contribution in [3.8, 4) is 5.75 Å². The molecule has 0 radical (unpaired) electrons. The Morgan fingerprint density at radius 3 is 2.38 bits per heavy atom. The van der Waals surface area contributed by atoms with E-state index < -0.39 is 12.1 Å². The molecule has 0 aliphatic heterocycles. The Kier molecular flexibility index (Phi) is 5.20. The summed E-state index contributed by atoms with van der Waals surface area (Å²) in [5, 5.41) is 13.6. The SMILES string of the molecule is CC(Oc1ccc(C(=O)NC2CCCCC2)cc1)C(=O)[O-]. The quantitative estimate of drug-likeness (QED) is 0.885. The lowest BCUT2D eigenvalue weighted by Gasteiger charge is -2.22. The monoisotopic (exact) mass is 290 g/mol. The normalized spacial score (nSPS) is 17.0. The van der Waals surface area contributed by atoms with Crippen molar-refractivity contribution in [2.75, 3.05) is 0 Å². The molecular formula is C16H20NO4-. The second-order valence-corrected chi connectivity index (χ2v) is 5.41. The lowest BCUT2D eigenvalue weighted by molar-refractivity contribution is -0.312. The van der Waals surface area contributed by atoms with Crippen LogP contribution in [-0.2, 0) is 4.79 Å². The number of rotatable bonds is 5. The summed E-state index contributed by atoms with van der Waals surface area (Å²) in [4.78, 5) is 22.7. The van der Waals surface area contributed by atoms with Crippen LogP contribution in [0.2, 0.25) is 0 Å². The predicted octanol–water partition coefficient (Wildman–Crippen LogP) is 1.27. The van der Waals surface area contributed by atoms with E-state index in [2.05, 4.69) is 5.32 Å². The molecule has 1 saturated carbocycles. The van der Waals surface area contributed by atoms with Crippen LogP contribution < -0.4 is 15.2 Å². The number of carbonyl (C=O) groups is 2. The number of amides is 1. The maximum atomic E-state index is 12.1. The molecule has 1 amide bonds. The van der Waals surface area contributed by atoms with E-state index in [9.17, 15) is 14.7 Å². The summed E-state index contributed by atoms with van der Waals surface area (Å²) < 4.78 is 5.17. The van der Waals surface area contributed by atoms with Gasteiger partial charge in [-0.2, -0.15) is 0 Å². The van der Waals surface area contributed by atoms with Crippen molar-refractivity contribution in [2.24, 2.45) is 0 Å². The van der Waals surface area contributed by atoms with Crippen LogP contribution >= 0.6 is 0 Å². The molecule has 21 heavy (non-hydrogen) atoms. The highest BCUT2D eigenvalue weighted by Crippen LogP contribution is 2.18. The average molecular weight is 290 g/mol. The van der Waals surface area contributed by atoms with Crippen molar-refractivity contribution >= 4 is 11.9 Å². The first kappa shape index (κ1) is 15.4. The number of ether oxygens (including phenoxy) is 1. The number of aliphatic carboxylic acids is 1. The van der Waals surface area contributed by atoms with Crippen LogP contribution in [0.1, 0.15) is 49.4 Å². The number of nitrogens with one attached hydrogen (secondary N) is 1. The molecular weight excluding hydrogens is 270 g/mol. The van der Waals surface area contributed by atoms with Crippen LogP contribution in [0.15, 0.2) is 24.3 Å². The summed E-state index contributed by atoms with van der Waals surface area (Å²) in [6.45, 7) is 1.40. The van der Waals surface area contributed by atoms with Gasteiger partial charge < -0.3 is 20.0 Å². The largest absolute Gasteiger partial charge is 0.546 e. The third-order valence-corrected chi connectivity index (χ3v) is 3.70. The second kappa shape index (κ2) is 7.11. The molecule has 1 aromatic rings. The molecule has 1 fully saturated rings. The predicted molar refractivity (Wildman–Crippen MR) is 75.9 cm³/mol. The zero-order chi connectivity index (χ0) is 15.2. The molecule has 0 bridgehead atoms. The molecule has 1 aliphatic rings. The number of hydrogen-bond acceptors (Lipinski definition) is 4. The standard InChI is InChI=1S/C16H21NO4/c1-11(16(19)20)21-14-9-7-12(8-10-14)15(18)17-13-5-3-2-4-6-13/h7-11,13H,2-6H2,1H3,(H,17,18)(H,19,20)/p-1. The minimum absolute atomic E-state index is 0.0959. The highest BCUT2D eigenvalue weighted by atomic mass is 16.5. The van der Waals surface area contributed by atoms with E-state index in [0.29, 0.717) is 11.3 Å². The first-order chi connectivity index (χ1) is 10.1. The van der Waals surface area contributed by atoms with E-state index in [4.69, 9.17) is 4.74 Å². The molecule has 1 aliphatic carbocycles. The molecule has 1 atom stereocenters. The van der Waals surface area contributed by atoms with Gasteiger partial charge in [0.2, 0.25) is 0 Å². The smallest absolute Gasteiger partial charge is 0.251 e. The number of hydrogen-bond donors (Lipinski definition) is 1. The summed E-state index contributed by atoms with van der Waals surface area (Å²) >= 11 is 0. The topological polar surface area (TPSA) is 78.5 Å². The highest BCUT2D eigenvalue weighted by Gasteiger charge is 2.16. The Morgan fingerprint density at radius 2 is 1.81 bits per heavy atom. The van der Waals surface area contributed by atoms with Gasteiger partial charge in [-0.25, -0.2) is 0 Å². The van der Waals surface area contributed by atoms with Crippen LogP contribution in [0.4, 0.5) is 0 Å². The lowest BCUT2D eigenvalue weighted by Crippen LogP contribution is -2.37. The Morgan fingerprint density at radius 1 is 1.19 bits per heavy atom. The van der Waals surface area contributed by atoms with Gasteiger partial charge in [0.1, 0.15) is 11.9 Å². The summed E-state index contributed by atoms with van der Waals surface area (Å²) in [7, 11) is 0. The van der Waals surface area contributed by atoms with Crippen LogP contribution in [0, 0.1) is 0 Å². The summed E-state index contributed by atoms with van der Waals surface area (Å²) in [5.41, 5.74) is 0.550. The van der Waals surface area contributed by atoms with E-state index in [-0.39, 0.29) is 11.9 Å². The van der Waals surface area contributed by atoms with Crippen molar-refractivity contribution in [1.82, 2.24) is 5.32 Å². The molecule has 1 N–H and O–H groups in total. The number of carboxylic acid groups (broad SMARTS) is 1. The van der Waals surface area contributed by atoms with E-state index in [1.807, 2.05) is 0 Å². The van der Waals surface area contributed by atoms with E-state index in [1.165, 1.54) is 26.2 Å². The van der Waals surface area contributed by atoms with Gasteiger partial charge in [-0.15, -0.1) is 0 Å². The molecule has 114 valence electrons. The number of carbonyl (C=O) groups excluding carboxylic acids is 2. The van der Waals surface area contributed by atoms with Crippen molar-refractivity contribution in [1.29, 1.82) is 0 Å². The maximum Gasteiger partial charge on any atom is 0.251 e. The van der Waals surface area contributed by atoms with Crippen molar-refractivity contribution < 1.29 is 19.4 Å². The summed E-state index contributed by atoms with van der Waals surface area (Å²) in [5.74, 6) is -0.962. The molecule has 1 unspecified atom stereocenters. The minimum atomic E-state index is -1.27. The second-order valence-electron chi connectivity index (χ2n) is 5.41. The Bertz CT molecular complexity index is 492. The highest BCUT2D eigenvalue weighted by molar-refractivity contribution is 5.94. The van der Waals surface area contributed by atoms with Crippen LogP contribution in [0.3, 0.4) is 0 Å². The fourth-order valence-corrected chi connectivity index (χ4v) is 2.45. The number of benzene rings is 1. The first-order valence-electron chi connectivity index (χ1n) is 7.34. The van der Waals surface area contributed by atoms with Gasteiger partial charge in [-0.1, -0.05) is 19.3 Å². The van der Waals surface area contributed by atoms with Gasteiger partial charge in [0.15, 0.2) is 0 Å². The first-order valence-corrected chi connectivity index (χ1v) is 7.34. The number of carboxylic acids is 1. The Balaban J connectivity index is 1.91. The summed E-state index contributed by atoms with van der Waals surface area (Å²) in [6, 6.07) is 6.72. The van der Waals surface area contributed by atoms with Crippen LogP contribution in [0.5, 0.6) is 5.75 Å². The van der Waals surface area contributed by atoms with Gasteiger partial charge in [0, 0.05) is 11.6 Å². The fraction of sp³-hybridized carbons (Fsp3) is 0.500. The van der Waals surface area contributed by atoms with Gasteiger partial charge in [-0.3, -0.25) is 4.79 Å². The van der Waals surface area contributed by atoms with Gasteiger partial charge in [-0.05, 0) is 44.0 Å². The van der Waals surface area contributed by atoms with E-state index in [1.54, 1.807) is 24.3 Å². The van der Waals surface area contributed by atoms with Crippen LogP contribution in [-0.4, -0.2) is 24.0 Å². The Hall–Kier alpha value is -2.04. The lowest BCUT2D eigenvalue weighted by atomic mass is 9.95. The molecule has 2 rings (SSSR count). The minimum Gasteiger partial charge on any atom is -0.546 e. The van der Waals surface area contributed by atoms with Crippen molar-refractivity contribution in [2.45, 2.75) is 51.2 Å². The molecule has 5 heteroatoms. The fourth-order valence-electron chi connectivity index (χ4n) is 2.45. The van der Waals surface area contributed by atoms with Crippen LogP contribution in [0.25, 0.3) is 0 Å². The van der Waals surface area contributed by atoms with Crippen molar-refractivity contribution in [3.63, 3.8) is 0 Å². The van der Waals surface area contributed by atoms with Gasteiger partial charge in [0.05, 0.1) is 5.97 Å². The molecule has 0 saturated heterocycles. The van der Waals surface area contributed by atoms with E-state index in [0.717, 1.165) is 12.8 Å². The maximum absolute atomic E-state index is 12.1. The molecule has 0 aromatic heterocycles.